The van der Waals surface area contributed by atoms with Crippen LogP contribution in [0.25, 0.3) is 0 Å². The van der Waals surface area contributed by atoms with E-state index in [0.717, 1.165) is 45.9 Å². The lowest BCUT2D eigenvalue weighted by Crippen LogP contribution is -2.59. The molecule has 1 atom stereocenters. The molecule has 3 heterocycles. The highest BCUT2D eigenvalue weighted by molar-refractivity contribution is 5.10. The first-order valence-corrected chi connectivity index (χ1v) is 8.24. The van der Waals surface area contributed by atoms with Gasteiger partial charge in [-0.15, -0.1) is 0 Å². The highest BCUT2D eigenvalue weighted by Crippen LogP contribution is 2.24. The molecule has 122 valence electrons. The standard InChI is InChI=1S/C17H27N3O2/c1-15(2)20-8-9-21-14-17(13-20)12-19(7-10-22-17)11-16-3-5-18-6-4-16/h3-6,15H,7-14H2,1-2H3/t17-/m1/s1. The smallest absolute Gasteiger partial charge is 0.117 e. The molecule has 5 nitrogen and oxygen atoms in total. The molecule has 2 fully saturated rings. The summed E-state index contributed by atoms with van der Waals surface area (Å²) in [4.78, 5) is 9.05. The lowest BCUT2D eigenvalue weighted by atomic mass is 10.0. The molecular formula is C17H27N3O2. The molecule has 0 aliphatic carbocycles. The zero-order valence-corrected chi connectivity index (χ0v) is 13.7. The van der Waals surface area contributed by atoms with Crippen molar-refractivity contribution in [1.29, 1.82) is 0 Å². The average Bonchev–Trinajstić information content (AvgIpc) is 2.71. The van der Waals surface area contributed by atoms with Crippen molar-refractivity contribution in [2.24, 2.45) is 0 Å². The number of ether oxygens (including phenoxy) is 2. The van der Waals surface area contributed by atoms with Gasteiger partial charge in [-0.05, 0) is 31.5 Å². The van der Waals surface area contributed by atoms with E-state index in [1.54, 1.807) is 0 Å². The topological polar surface area (TPSA) is 37.8 Å². The third-order valence-corrected chi connectivity index (χ3v) is 4.59. The minimum absolute atomic E-state index is 0.188. The van der Waals surface area contributed by atoms with Crippen LogP contribution in [0, 0.1) is 0 Å². The van der Waals surface area contributed by atoms with Crippen LogP contribution in [0.3, 0.4) is 0 Å². The maximum Gasteiger partial charge on any atom is 0.117 e. The predicted octanol–water partition coefficient (Wildman–Crippen LogP) is 1.39. The number of rotatable bonds is 3. The zero-order valence-electron chi connectivity index (χ0n) is 13.7. The average molecular weight is 305 g/mol. The summed E-state index contributed by atoms with van der Waals surface area (Å²) < 4.78 is 12.1. The van der Waals surface area contributed by atoms with E-state index in [9.17, 15) is 0 Å². The first-order chi connectivity index (χ1) is 10.7. The van der Waals surface area contributed by atoms with E-state index >= 15 is 0 Å². The lowest BCUT2D eigenvalue weighted by Gasteiger charge is -2.44. The van der Waals surface area contributed by atoms with Gasteiger partial charge in [-0.1, -0.05) is 0 Å². The molecule has 0 unspecified atom stereocenters. The van der Waals surface area contributed by atoms with Gasteiger partial charge in [0.25, 0.3) is 0 Å². The molecule has 0 radical (unpaired) electrons. The van der Waals surface area contributed by atoms with Crippen molar-refractivity contribution in [1.82, 2.24) is 14.8 Å². The van der Waals surface area contributed by atoms with Crippen molar-refractivity contribution in [3.05, 3.63) is 30.1 Å². The zero-order chi connectivity index (χ0) is 15.4. The summed E-state index contributed by atoms with van der Waals surface area (Å²) in [7, 11) is 0. The lowest BCUT2D eigenvalue weighted by molar-refractivity contribution is -0.144. The van der Waals surface area contributed by atoms with Gasteiger partial charge in [0, 0.05) is 51.2 Å². The molecular weight excluding hydrogens is 278 g/mol. The Morgan fingerprint density at radius 2 is 2.00 bits per heavy atom. The van der Waals surface area contributed by atoms with Crippen LogP contribution in [-0.2, 0) is 16.0 Å². The van der Waals surface area contributed by atoms with Crippen molar-refractivity contribution >= 4 is 0 Å². The Morgan fingerprint density at radius 1 is 1.18 bits per heavy atom. The van der Waals surface area contributed by atoms with Crippen molar-refractivity contribution in [3.8, 4) is 0 Å². The highest BCUT2D eigenvalue weighted by Gasteiger charge is 2.40. The fourth-order valence-electron chi connectivity index (χ4n) is 3.36. The Kier molecular flexibility index (Phi) is 5.08. The van der Waals surface area contributed by atoms with Crippen LogP contribution in [0.4, 0.5) is 0 Å². The van der Waals surface area contributed by atoms with Gasteiger partial charge in [0.1, 0.15) is 5.60 Å². The van der Waals surface area contributed by atoms with E-state index < -0.39 is 0 Å². The molecule has 2 aliphatic rings. The Labute approximate surface area is 133 Å². The number of morpholine rings is 1. The second-order valence-electron chi connectivity index (χ2n) is 6.71. The summed E-state index contributed by atoms with van der Waals surface area (Å²) >= 11 is 0. The van der Waals surface area contributed by atoms with Gasteiger partial charge in [-0.2, -0.15) is 0 Å². The number of hydrogen-bond donors (Lipinski definition) is 0. The summed E-state index contributed by atoms with van der Waals surface area (Å²) in [6, 6.07) is 4.70. The van der Waals surface area contributed by atoms with Gasteiger partial charge in [-0.25, -0.2) is 0 Å². The molecule has 5 heteroatoms. The molecule has 0 aromatic carbocycles. The van der Waals surface area contributed by atoms with Crippen LogP contribution >= 0.6 is 0 Å². The van der Waals surface area contributed by atoms with E-state index in [1.807, 2.05) is 12.4 Å². The van der Waals surface area contributed by atoms with Crippen LogP contribution in [0.15, 0.2) is 24.5 Å². The Balaban J connectivity index is 1.68. The van der Waals surface area contributed by atoms with Crippen LogP contribution in [0.2, 0.25) is 0 Å². The minimum Gasteiger partial charge on any atom is -0.377 e. The van der Waals surface area contributed by atoms with Crippen molar-refractivity contribution in [2.45, 2.75) is 32.0 Å². The monoisotopic (exact) mass is 305 g/mol. The maximum absolute atomic E-state index is 6.21. The molecule has 1 aromatic rings. The van der Waals surface area contributed by atoms with Gasteiger partial charge in [0.2, 0.25) is 0 Å². The SMILES string of the molecule is CC(C)N1CCOC[C@@]2(CN(Cc3ccncc3)CCO2)C1. The molecule has 0 N–H and O–H groups in total. The van der Waals surface area contributed by atoms with Crippen molar-refractivity contribution in [3.63, 3.8) is 0 Å². The van der Waals surface area contributed by atoms with Crippen LogP contribution in [-0.4, -0.2) is 72.4 Å². The fraction of sp³-hybridized carbons (Fsp3) is 0.706. The fourth-order valence-corrected chi connectivity index (χ4v) is 3.36. The summed E-state index contributed by atoms with van der Waals surface area (Å²) in [5.41, 5.74) is 1.12. The summed E-state index contributed by atoms with van der Waals surface area (Å²) in [6.45, 7) is 11.6. The molecule has 2 aliphatic heterocycles. The third-order valence-electron chi connectivity index (χ3n) is 4.59. The quantitative estimate of drug-likeness (QED) is 0.844. The first-order valence-electron chi connectivity index (χ1n) is 8.24. The molecule has 0 saturated carbocycles. The summed E-state index contributed by atoms with van der Waals surface area (Å²) in [5, 5.41) is 0. The normalized spacial score (nSPS) is 28.1. The maximum atomic E-state index is 6.21. The Hall–Kier alpha value is -1.01. The van der Waals surface area contributed by atoms with E-state index in [1.165, 1.54) is 5.56 Å². The largest absolute Gasteiger partial charge is 0.377 e. The minimum atomic E-state index is -0.188. The molecule has 3 rings (SSSR count). The number of aromatic nitrogens is 1. The van der Waals surface area contributed by atoms with Gasteiger partial charge in [-0.3, -0.25) is 14.8 Å². The molecule has 1 aromatic heterocycles. The van der Waals surface area contributed by atoms with Gasteiger partial charge in [0.05, 0.1) is 19.8 Å². The Bertz CT molecular complexity index is 468. The highest BCUT2D eigenvalue weighted by atomic mass is 16.5. The van der Waals surface area contributed by atoms with Crippen LogP contribution < -0.4 is 0 Å². The summed E-state index contributed by atoms with van der Waals surface area (Å²) in [6.07, 6.45) is 3.72. The van der Waals surface area contributed by atoms with E-state index in [4.69, 9.17) is 9.47 Å². The number of hydrogen-bond acceptors (Lipinski definition) is 5. The van der Waals surface area contributed by atoms with Gasteiger partial charge >= 0.3 is 0 Å². The van der Waals surface area contributed by atoms with E-state index in [2.05, 4.69) is 40.8 Å². The van der Waals surface area contributed by atoms with Crippen LogP contribution in [0.5, 0.6) is 0 Å². The molecule has 2 saturated heterocycles. The van der Waals surface area contributed by atoms with Crippen LogP contribution in [0.1, 0.15) is 19.4 Å². The first kappa shape index (κ1) is 15.9. The van der Waals surface area contributed by atoms with Crippen molar-refractivity contribution in [2.75, 3.05) is 46.0 Å². The number of pyridine rings is 1. The number of nitrogens with zero attached hydrogens (tertiary/aromatic N) is 3. The van der Waals surface area contributed by atoms with Crippen molar-refractivity contribution < 1.29 is 9.47 Å². The second kappa shape index (κ2) is 7.04. The summed E-state index contributed by atoms with van der Waals surface area (Å²) in [5.74, 6) is 0. The van der Waals surface area contributed by atoms with Gasteiger partial charge < -0.3 is 9.47 Å². The third kappa shape index (κ3) is 3.84. The second-order valence-corrected chi connectivity index (χ2v) is 6.71. The predicted molar refractivity (Wildman–Crippen MR) is 85.7 cm³/mol. The molecule has 22 heavy (non-hydrogen) atoms. The Morgan fingerprint density at radius 3 is 2.77 bits per heavy atom. The molecule has 0 amide bonds. The molecule has 1 spiro atoms. The van der Waals surface area contributed by atoms with Gasteiger partial charge in [0.15, 0.2) is 0 Å². The van der Waals surface area contributed by atoms with E-state index in [0.29, 0.717) is 12.6 Å². The molecule has 0 bridgehead atoms. The van der Waals surface area contributed by atoms with E-state index in [-0.39, 0.29) is 5.60 Å².